The Labute approximate surface area is 174 Å². The van der Waals surface area contributed by atoms with E-state index in [1.54, 1.807) is 13.2 Å². The SMILES string of the molecule is COc1c(I)cc(I)cc1/C=C(\C#N)C(=O)Nc1cccc(C)c1C. The summed E-state index contributed by atoms with van der Waals surface area (Å²) >= 11 is 4.37. The van der Waals surface area contributed by atoms with E-state index >= 15 is 0 Å². The highest BCUT2D eigenvalue weighted by Crippen LogP contribution is 2.30. The number of hydrogen-bond donors (Lipinski definition) is 1. The maximum absolute atomic E-state index is 12.5. The summed E-state index contributed by atoms with van der Waals surface area (Å²) in [5, 5.41) is 12.3. The Morgan fingerprint density at radius 3 is 2.64 bits per heavy atom. The van der Waals surface area contributed by atoms with Crippen LogP contribution in [0.3, 0.4) is 0 Å². The van der Waals surface area contributed by atoms with Gasteiger partial charge in [0.15, 0.2) is 0 Å². The maximum Gasteiger partial charge on any atom is 0.266 e. The van der Waals surface area contributed by atoms with Crippen molar-refractivity contribution in [3.8, 4) is 11.8 Å². The molecule has 0 heterocycles. The van der Waals surface area contributed by atoms with E-state index in [0.717, 1.165) is 18.3 Å². The standard InChI is InChI=1S/C19H16I2N2O2/c1-11-5-4-6-17(12(11)2)23-19(24)14(10-22)7-13-8-15(20)9-16(21)18(13)25-3/h4-9H,1-3H3,(H,23,24)/b14-7+. The van der Waals surface area contributed by atoms with Crippen molar-refractivity contribution in [1.29, 1.82) is 5.26 Å². The topological polar surface area (TPSA) is 62.1 Å². The molecule has 0 aromatic heterocycles. The van der Waals surface area contributed by atoms with E-state index in [9.17, 15) is 10.1 Å². The first-order valence-electron chi connectivity index (χ1n) is 7.39. The van der Waals surface area contributed by atoms with Crippen molar-refractivity contribution in [2.24, 2.45) is 0 Å². The van der Waals surface area contributed by atoms with E-state index in [0.29, 0.717) is 17.0 Å². The summed E-state index contributed by atoms with van der Waals surface area (Å²) in [7, 11) is 1.57. The molecular formula is C19H16I2N2O2. The molecule has 1 N–H and O–H groups in total. The van der Waals surface area contributed by atoms with E-state index in [-0.39, 0.29) is 5.57 Å². The number of nitrogens with one attached hydrogen (secondary N) is 1. The van der Waals surface area contributed by atoms with Gasteiger partial charge in [0.1, 0.15) is 17.4 Å². The molecule has 0 aliphatic rings. The number of benzene rings is 2. The molecule has 25 heavy (non-hydrogen) atoms. The lowest BCUT2D eigenvalue weighted by molar-refractivity contribution is -0.112. The molecule has 2 rings (SSSR count). The minimum absolute atomic E-state index is 0.0250. The van der Waals surface area contributed by atoms with Crippen molar-refractivity contribution in [3.05, 3.63) is 59.7 Å². The smallest absolute Gasteiger partial charge is 0.266 e. The number of carbonyl (C=O) groups excluding carboxylic acids is 1. The van der Waals surface area contributed by atoms with Gasteiger partial charge in [0, 0.05) is 14.8 Å². The molecule has 0 fully saturated rings. The third-order valence-corrected chi connectivity index (χ3v) is 5.18. The zero-order chi connectivity index (χ0) is 18.6. The molecule has 4 nitrogen and oxygen atoms in total. The quantitative estimate of drug-likeness (QED) is 0.324. The van der Waals surface area contributed by atoms with E-state index in [1.807, 2.05) is 50.2 Å². The molecule has 0 saturated heterocycles. The Kier molecular flexibility index (Phi) is 6.84. The number of nitrogens with zero attached hydrogens (tertiary/aromatic N) is 1. The maximum atomic E-state index is 12.5. The fourth-order valence-corrected chi connectivity index (χ4v) is 4.39. The predicted octanol–water partition coefficient (Wildman–Crippen LogP) is 5.07. The van der Waals surface area contributed by atoms with Crippen LogP contribution >= 0.6 is 45.2 Å². The van der Waals surface area contributed by atoms with Crippen LogP contribution in [0.15, 0.2) is 35.9 Å². The Bertz CT molecular complexity index is 899. The van der Waals surface area contributed by atoms with Crippen LogP contribution in [0.25, 0.3) is 6.08 Å². The summed E-state index contributed by atoms with van der Waals surface area (Å²) in [5.74, 6) is 0.209. The molecule has 1 amide bonds. The van der Waals surface area contributed by atoms with Crippen molar-refractivity contribution < 1.29 is 9.53 Å². The Hall–Kier alpha value is -1.60. The number of hydrogen-bond acceptors (Lipinski definition) is 3. The number of ether oxygens (including phenoxy) is 1. The van der Waals surface area contributed by atoms with Crippen LogP contribution in [0.1, 0.15) is 16.7 Å². The number of rotatable bonds is 4. The molecule has 128 valence electrons. The van der Waals surface area contributed by atoms with E-state index in [1.165, 1.54) is 0 Å². The van der Waals surface area contributed by atoms with Crippen molar-refractivity contribution in [1.82, 2.24) is 0 Å². The van der Waals surface area contributed by atoms with Gasteiger partial charge in [0.05, 0.1) is 10.7 Å². The summed E-state index contributed by atoms with van der Waals surface area (Å²) in [6.45, 7) is 3.91. The van der Waals surface area contributed by atoms with Gasteiger partial charge in [-0.2, -0.15) is 5.26 Å². The highest BCUT2D eigenvalue weighted by atomic mass is 127. The molecule has 0 bridgehead atoms. The fourth-order valence-electron chi connectivity index (χ4n) is 2.28. The van der Waals surface area contributed by atoms with Crippen molar-refractivity contribution in [2.75, 3.05) is 12.4 Å². The first kappa shape index (κ1) is 19.7. The molecule has 0 spiro atoms. The van der Waals surface area contributed by atoms with Crippen molar-refractivity contribution >= 4 is 62.9 Å². The molecule has 2 aromatic carbocycles. The number of anilines is 1. The molecule has 2 aromatic rings. The van der Waals surface area contributed by atoms with E-state index < -0.39 is 5.91 Å². The lowest BCUT2D eigenvalue weighted by Crippen LogP contribution is -2.14. The highest BCUT2D eigenvalue weighted by Gasteiger charge is 2.14. The van der Waals surface area contributed by atoms with Crippen molar-refractivity contribution in [2.45, 2.75) is 13.8 Å². The van der Waals surface area contributed by atoms with Gasteiger partial charge in [-0.1, -0.05) is 12.1 Å². The van der Waals surface area contributed by atoms with Gasteiger partial charge in [0.25, 0.3) is 5.91 Å². The average Bonchev–Trinajstić information content (AvgIpc) is 2.56. The molecule has 0 unspecified atom stereocenters. The first-order chi connectivity index (χ1) is 11.9. The number of amides is 1. The zero-order valence-corrected chi connectivity index (χ0v) is 18.3. The highest BCUT2D eigenvalue weighted by molar-refractivity contribution is 14.1. The number of carbonyl (C=O) groups is 1. The number of methoxy groups -OCH3 is 1. The number of halogens is 2. The molecular weight excluding hydrogens is 542 g/mol. The fraction of sp³-hybridized carbons (Fsp3) is 0.158. The van der Waals surface area contributed by atoms with Gasteiger partial charge in [-0.3, -0.25) is 4.79 Å². The third-order valence-electron chi connectivity index (χ3n) is 3.76. The van der Waals surface area contributed by atoms with Crippen LogP contribution < -0.4 is 10.1 Å². The summed E-state index contributed by atoms with van der Waals surface area (Å²) in [5.41, 5.74) is 3.49. The molecule has 0 aliphatic heterocycles. The second kappa shape index (κ2) is 8.67. The summed E-state index contributed by atoms with van der Waals surface area (Å²) in [4.78, 5) is 12.5. The van der Waals surface area contributed by atoms with Gasteiger partial charge in [-0.15, -0.1) is 0 Å². The second-order valence-electron chi connectivity index (χ2n) is 5.38. The number of aryl methyl sites for hydroxylation is 1. The first-order valence-corrected chi connectivity index (χ1v) is 9.55. The van der Waals surface area contributed by atoms with Crippen LogP contribution in [0.4, 0.5) is 5.69 Å². The minimum atomic E-state index is -0.438. The van der Waals surface area contributed by atoms with E-state index in [4.69, 9.17) is 4.74 Å². The zero-order valence-electron chi connectivity index (χ0n) is 14.0. The Morgan fingerprint density at radius 2 is 2.00 bits per heavy atom. The van der Waals surface area contributed by atoms with Crippen LogP contribution in [-0.4, -0.2) is 13.0 Å². The molecule has 6 heteroatoms. The largest absolute Gasteiger partial charge is 0.495 e. The Morgan fingerprint density at radius 1 is 1.28 bits per heavy atom. The van der Waals surface area contributed by atoms with Crippen LogP contribution in [0.5, 0.6) is 5.75 Å². The normalized spacial score (nSPS) is 11.0. The lowest BCUT2D eigenvalue weighted by Gasteiger charge is -2.11. The van der Waals surface area contributed by atoms with Gasteiger partial charge in [-0.05, 0) is 94.4 Å². The van der Waals surface area contributed by atoms with Crippen molar-refractivity contribution in [3.63, 3.8) is 0 Å². The molecule has 0 aliphatic carbocycles. The van der Waals surface area contributed by atoms with Gasteiger partial charge in [0.2, 0.25) is 0 Å². The van der Waals surface area contributed by atoms with Gasteiger partial charge in [-0.25, -0.2) is 0 Å². The summed E-state index contributed by atoms with van der Waals surface area (Å²) < 4.78 is 7.34. The van der Waals surface area contributed by atoms with Gasteiger partial charge >= 0.3 is 0 Å². The van der Waals surface area contributed by atoms with Crippen LogP contribution in [0.2, 0.25) is 0 Å². The molecule has 0 atom stereocenters. The summed E-state index contributed by atoms with van der Waals surface area (Å²) in [6.07, 6.45) is 1.56. The predicted molar refractivity (Wildman–Crippen MR) is 117 cm³/mol. The van der Waals surface area contributed by atoms with Gasteiger partial charge < -0.3 is 10.1 Å². The van der Waals surface area contributed by atoms with E-state index in [2.05, 4.69) is 50.5 Å². The average molecular weight is 558 g/mol. The molecule has 0 saturated carbocycles. The minimum Gasteiger partial charge on any atom is -0.495 e. The monoisotopic (exact) mass is 558 g/mol. The molecule has 0 radical (unpaired) electrons. The summed E-state index contributed by atoms with van der Waals surface area (Å²) in [6, 6.07) is 11.5. The third kappa shape index (κ3) is 4.73. The number of nitriles is 1. The Balaban J connectivity index is 2.40. The second-order valence-corrected chi connectivity index (χ2v) is 7.79. The van der Waals surface area contributed by atoms with Crippen LogP contribution in [-0.2, 0) is 4.79 Å². The van der Waals surface area contributed by atoms with Crippen LogP contribution in [0, 0.1) is 32.3 Å². The lowest BCUT2D eigenvalue weighted by atomic mass is 10.1.